The van der Waals surface area contributed by atoms with Gasteiger partial charge in [0.25, 0.3) is 5.56 Å². The van der Waals surface area contributed by atoms with E-state index in [1.165, 1.54) is 10.7 Å². The highest BCUT2D eigenvalue weighted by Crippen LogP contribution is 2.27. The molecule has 0 radical (unpaired) electrons. The predicted molar refractivity (Wildman–Crippen MR) is 124 cm³/mol. The van der Waals surface area contributed by atoms with Crippen molar-refractivity contribution < 1.29 is 4.79 Å². The van der Waals surface area contributed by atoms with Crippen molar-refractivity contribution in [2.24, 2.45) is 0 Å². The van der Waals surface area contributed by atoms with Gasteiger partial charge in [-0.15, -0.1) is 11.3 Å². The Hall–Kier alpha value is -3.84. The molecular weight excluding hydrogens is 408 g/mol. The van der Waals surface area contributed by atoms with Crippen molar-refractivity contribution in [1.82, 2.24) is 14.8 Å². The smallest absolute Gasteiger partial charge is 0.267 e. The highest BCUT2D eigenvalue weighted by molar-refractivity contribution is 7.18. The SMILES string of the molecule is Cc1nc2cc(NC(=O)Cn3nc(-c4cccc5ccccc45)ccc3=O)ccc2s1. The Morgan fingerprint density at radius 1 is 1.03 bits per heavy atom. The molecule has 0 bridgehead atoms. The van der Waals surface area contributed by atoms with E-state index < -0.39 is 0 Å². The number of anilines is 1. The van der Waals surface area contributed by atoms with Gasteiger partial charge in [-0.1, -0.05) is 42.5 Å². The minimum absolute atomic E-state index is 0.175. The van der Waals surface area contributed by atoms with Crippen molar-refractivity contribution in [2.75, 3.05) is 5.32 Å². The lowest BCUT2D eigenvalue weighted by molar-refractivity contribution is -0.117. The van der Waals surface area contributed by atoms with Crippen LogP contribution in [-0.2, 0) is 11.3 Å². The van der Waals surface area contributed by atoms with Crippen LogP contribution in [0.25, 0.3) is 32.2 Å². The zero-order chi connectivity index (χ0) is 21.4. The molecule has 0 aliphatic heterocycles. The number of carbonyl (C=O) groups is 1. The number of fused-ring (bicyclic) bond motifs is 2. The third-order valence-corrected chi connectivity index (χ3v) is 5.96. The maximum Gasteiger partial charge on any atom is 0.267 e. The van der Waals surface area contributed by atoms with Gasteiger partial charge in [-0.3, -0.25) is 9.59 Å². The summed E-state index contributed by atoms with van der Waals surface area (Å²) >= 11 is 1.61. The first-order valence-corrected chi connectivity index (χ1v) is 10.6. The summed E-state index contributed by atoms with van der Waals surface area (Å²) in [6.45, 7) is 1.77. The van der Waals surface area contributed by atoms with Gasteiger partial charge in [0, 0.05) is 17.3 Å². The fourth-order valence-corrected chi connectivity index (χ4v) is 4.42. The monoisotopic (exact) mass is 426 g/mol. The number of nitrogens with zero attached hydrogens (tertiary/aromatic N) is 3. The average molecular weight is 427 g/mol. The van der Waals surface area contributed by atoms with Gasteiger partial charge >= 0.3 is 0 Å². The van der Waals surface area contributed by atoms with Crippen molar-refractivity contribution in [3.63, 3.8) is 0 Å². The molecule has 6 nitrogen and oxygen atoms in total. The summed E-state index contributed by atoms with van der Waals surface area (Å²) in [5.41, 5.74) is 2.71. The maximum atomic E-state index is 12.6. The Morgan fingerprint density at radius 3 is 2.77 bits per heavy atom. The molecule has 5 rings (SSSR count). The van der Waals surface area contributed by atoms with Gasteiger partial charge in [0.1, 0.15) is 6.54 Å². The standard InChI is InChI=1S/C24H18N4O2S/c1-15-25-21-13-17(9-11-22(21)31-15)26-23(29)14-28-24(30)12-10-20(27-28)19-8-4-6-16-5-2-3-7-18(16)19/h2-13H,14H2,1H3,(H,26,29). The molecule has 1 amide bonds. The molecule has 3 aromatic carbocycles. The third kappa shape index (κ3) is 3.83. The number of hydrogen-bond donors (Lipinski definition) is 1. The Labute approximate surface area is 181 Å². The van der Waals surface area contributed by atoms with Gasteiger partial charge < -0.3 is 5.32 Å². The highest BCUT2D eigenvalue weighted by Gasteiger charge is 2.11. The Morgan fingerprint density at radius 2 is 1.87 bits per heavy atom. The summed E-state index contributed by atoms with van der Waals surface area (Å²) in [6.07, 6.45) is 0. The molecule has 1 N–H and O–H groups in total. The van der Waals surface area contributed by atoms with E-state index in [1.807, 2.05) is 67.6 Å². The fraction of sp³-hybridized carbons (Fsp3) is 0.0833. The van der Waals surface area contributed by atoms with E-state index in [2.05, 4.69) is 15.4 Å². The number of rotatable bonds is 4. The maximum absolute atomic E-state index is 12.6. The normalized spacial score (nSPS) is 11.1. The number of carbonyl (C=O) groups excluding carboxylic acids is 1. The van der Waals surface area contributed by atoms with Crippen LogP contribution in [0.3, 0.4) is 0 Å². The Balaban J connectivity index is 1.42. The van der Waals surface area contributed by atoms with E-state index in [4.69, 9.17) is 0 Å². The molecule has 0 atom stereocenters. The first-order chi connectivity index (χ1) is 15.1. The number of benzene rings is 3. The fourth-order valence-electron chi connectivity index (χ4n) is 3.61. The van der Waals surface area contributed by atoms with Gasteiger partial charge in [0.05, 0.1) is 20.9 Å². The number of amides is 1. The van der Waals surface area contributed by atoms with E-state index in [1.54, 1.807) is 17.4 Å². The van der Waals surface area contributed by atoms with Crippen LogP contribution in [0.1, 0.15) is 5.01 Å². The lowest BCUT2D eigenvalue weighted by Crippen LogP contribution is -2.29. The zero-order valence-electron chi connectivity index (χ0n) is 16.7. The molecule has 0 fully saturated rings. The molecule has 0 aliphatic carbocycles. The zero-order valence-corrected chi connectivity index (χ0v) is 17.5. The molecule has 2 heterocycles. The second kappa shape index (κ2) is 7.77. The van der Waals surface area contributed by atoms with Crippen LogP contribution in [-0.4, -0.2) is 20.7 Å². The number of hydrogen-bond acceptors (Lipinski definition) is 5. The average Bonchev–Trinajstić information content (AvgIpc) is 3.14. The molecule has 152 valence electrons. The quantitative estimate of drug-likeness (QED) is 0.455. The number of aryl methyl sites for hydroxylation is 1. The van der Waals surface area contributed by atoms with Gasteiger partial charge in [-0.25, -0.2) is 9.67 Å². The van der Waals surface area contributed by atoms with Crippen molar-refractivity contribution in [3.8, 4) is 11.3 Å². The summed E-state index contributed by atoms with van der Waals surface area (Å²) < 4.78 is 2.26. The molecule has 2 aromatic heterocycles. The molecule has 0 unspecified atom stereocenters. The van der Waals surface area contributed by atoms with Crippen LogP contribution in [0.2, 0.25) is 0 Å². The topological polar surface area (TPSA) is 76.9 Å². The van der Waals surface area contributed by atoms with Crippen LogP contribution in [0, 0.1) is 6.92 Å². The lowest BCUT2D eigenvalue weighted by Gasteiger charge is -2.10. The number of thiazole rings is 1. The number of aromatic nitrogens is 3. The summed E-state index contributed by atoms with van der Waals surface area (Å²) in [7, 11) is 0. The van der Waals surface area contributed by atoms with Crippen LogP contribution in [0.5, 0.6) is 0 Å². The molecule has 0 saturated carbocycles. The molecule has 31 heavy (non-hydrogen) atoms. The first-order valence-electron chi connectivity index (χ1n) is 9.80. The molecule has 0 aliphatic rings. The Bertz CT molecular complexity index is 1500. The van der Waals surface area contributed by atoms with E-state index >= 15 is 0 Å². The Kier molecular flexibility index (Phi) is 4.80. The van der Waals surface area contributed by atoms with Crippen molar-refractivity contribution in [2.45, 2.75) is 13.5 Å². The van der Waals surface area contributed by atoms with E-state index in [0.29, 0.717) is 11.4 Å². The van der Waals surface area contributed by atoms with Crippen LogP contribution in [0.15, 0.2) is 77.6 Å². The summed E-state index contributed by atoms with van der Waals surface area (Å²) in [6, 6.07) is 22.7. The number of nitrogens with one attached hydrogen (secondary N) is 1. The van der Waals surface area contributed by atoms with Crippen LogP contribution < -0.4 is 10.9 Å². The van der Waals surface area contributed by atoms with Gasteiger partial charge in [-0.2, -0.15) is 5.10 Å². The van der Waals surface area contributed by atoms with Gasteiger partial charge in [-0.05, 0) is 42.0 Å². The van der Waals surface area contributed by atoms with Crippen molar-refractivity contribution in [1.29, 1.82) is 0 Å². The summed E-state index contributed by atoms with van der Waals surface area (Å²) in [5, 5.41) is 10.4. The molecule has 5 aromatic rings. The highest BCUT2D eigenvalue weighted by atomic mass is 32.1. The minimum atomic E-state index is -0.329. The molecule has 0 spiro atoms. The summed E-state index contributed by atoms with van der Waals surface area (Å²) in [5.74, 6) is -0.323. The van der Waals surface area contributed by atoms with Crippen LogP contribution in [0.4, 0.5) is 5.69 Å². The first kappa shape index (κ1) is 19.1. The van der Waals surface area contributed by atoms with E-state index in [9.17, 15) is 9.59 Å². The second-order valence-electron chi connectivity index (χ2n) is 7.20. The predicted octanol–water partition coefficient (Wildman–Crippen LogP) is 4.62. The molecular formula is C24H18N4O2S. The largest absolute Gasteiger partial charge is 0.324 e. The lowest BCUT2D eigenvalue weighted by atomic mass is 10.0. The second-order valence-corrected chi connectivity index (χ2v) is 8.44. The summed E-state index contributed by atoms with van der Waals surface area (Å²) in [4.78, 5) is 29.4. The van der Waals surface area contributed by atoms with Gasteiger partial charge in [0.15, 0.2) is 0 Å². The van der Waals surface area contributed by atoms with Crippen molar-refractivity contribution in [3.05, 3.63) is 88.2 Å². The minimum Gasteiger partial charge on any atom is -0.324 e. The molecule has 7 heteroatoms. The molecule has 0 saturated heterocycles. The van der Waals surface area contributed by atoms with Crippen LogP contribution >= 0.6 is 11.3 Å². The third-order valence-electron chi connectivity index (χ3n) is 5.00. The van der Waals surface area contributed by atoms with Gasteiger partial charge in [0.2, 0.25) is 5.91 Å². The van der Waals surface area contributed by atoms with E-state index in [-0.39, 0.29) is 18.0 Å². The van der Waals surface area contributed by atoms with E-state index in [0.717, 1.165) is 31.6 Å². The van der Waals surface area contributed by atoms with Crippen molar-refractivity contribution >= 4 is 43.9 Å².